The number of carbonyl (C=O) groups is 2. The van der Waals surface area contributed by atoms with Crippen LogP contribution in [0.2, 0.25) is 0 Å². The molecule has 0 aliphatic carbocycles. The molecule has 0 radical (unpaired) electrons. The fourth-order valence-electron chi connectivity index (χ4n) is 2.66. The number of benzene rings is 3. The molecule has 0 aliphatic rings. The third-order valence-electron chi connectivity index (χ3n) is 4.31. The third kappa shape index (κ3) is 4.40. The second-order valence-electron chi connectivity index (χ2n) is 6.24. The molecule has 3 rings (SSSR count). The zero-order chi connectivity index (χ0) is 20.1. The van der Waals surface area contributed by atoms with E-state index in [4.69, 9.17) is 0 Å². The highest BCUT2D eigenvalue weighted by molar-refractivity contribution is 6.05. The lowest BCUT2D eigenvalue weighted by molar-refractivity contribution is 0.0949. The van der Waals surface area contributed by atoms with Gasteiger partial charge in [-0.15, -0.1) is 0 Å². The van der Waals surface area contributed by atoms with Crippen molar-refractivity contribution in [1.82, 2.24) is 5.32 Å². The second-order valence-corrected chi connectivity index (χ2v) is 6.24. The summed E-state index contributed by atoms with van der Waals surface area (Å²) in [5, 5.41) is 5.03. The summed E-state index contributed by atoms with van der Waals surface area (Å²) in [7, 11) is 0. The van der Waals surface area contributed by atoms with Gasteiger partial charge < -0.3 is 10.6 Å². The molecular formula is C22H18F2N2O2. The summed E-state index contributed by atoms with van der Waals surface area (Å²) in [4.78, 5) is 24.5. The van der Waals surface area contributed by atoms with Crippen molar-refractivity contribution in [2.75, 3.05) is 5.32 Å². The van der Waals surface area contributed by atoms with Crippen LogP contribution in [0.4, 0.5) is 14.5 Å². The number of amides is 2. The van der Waals surface area contributed by atoms with Gasteiger partial charge in [0.1, 0.15) is 17.3 Å². The summed E-state index contributed by atoms with van der Waals surface area (Å²) < 4.78 is 27.3. The highest BCUT2D eigenvalue weighted by atomic mass is 19.1. The Balaban J connectivity index is 1.65. The van der Waals surface area contributed by atoms with Gasteiger partial charge >= 0.3 is 0 Å². The minimum absolute atomic E-state index is 0.179. The van der Waals surface area contributed by atoms with E-state index in [9.17, 15) is 18.4 Å². The van der Waals surface area contributed by atoms with Crippen molar-refractivity contribution in [2.24, 2.45) is 0 Å². The van der Waals surface area contributed by atoms with Crippen LogP contribution in [-0.2, 0) is 6.54 Å². The zero-order valence-corrected chi connectivity index (χ0v) is 15.1. The second kappa shape index (κ2) is 8.43. The van der Waals surface area contributed by atoms with E-state index in [1.54, 1.807) is 0 Å². The topological polar surface area (TPSA) is 58.2 Å². The molecule has 0 aliphatic heterocycles. The normalized spacial score (nSPS) is 10.4. The molecule has 6 heteroatoms. The van der Waals surface area contributed by atoms with E-state index in [0.29, 0.717) is 12.1 Å². The van der Waals surface area contributed by atoms with Crippen LogP contribution < -0.4 is 10.6 Å². The predicted molar refractivity (Wildman–Crippen MR) is 103 cm³/mol. The van der Waals surface area contributed by atoms with Gasteiger partial charge in [0, 0.05) is 17.7 Å². The van der Waals surface area contributed by atoms with E-state index < -0.39 is 23.2 Å². The maximum atomic E-state index is 13.6. The Kier molecular flexibility index (Phi) is 5.79. The van der Waals surface area contributed by atoms with Crippen molar-refractivity contribution in [2.45, 2.75) is 13.5 Å². The molecule has 0 fully saturated rings. The predicted octanol–water partition coefficient (Wildman–Crippen LogP) is 4.46. The molecule has 2 amide bonds. The summed E-state index contributed by atoms with van der Waals surface area (Å²) >= 11 is 0. The van der Waals surface area contributed by atoms with Gasteiger partial charge in [-0.3, -0.25) is 9.59 Å². The zero-order valence-electron chi connectivity index (χ0n) is 15.1. The summed E-state index contributed by atoms with van der Waals surface area (Å²) in [6.07, 6.45) is 0. The average Bonchev–Trinajstić information content (AvgIpc) is 2.70. The van der Waals surface area contributed by atoms with E-state index in [0.717, 1.165) is 23.3 Å². The third-order valence-corrected chi connectivity index (χ3v) is 4.31. The molecule has 3 aromatic rings. The average molecular weight is 380 g/mol. The number of hydrogen-bond acceptors (Lipinski definition) is 2. The molecule has 142 valence electrons. The van der Waals surface area contributed by atoms with Gasteiger partial charge in [0.25, 0.3) is 11.8 Å². The van der Waals surface area contributed by atoms with Crippen LogP contribution in [0.3, 0.4) is 0 Å². The van der Waals surface area contributed by atoms with Gasteiger partial charge in [0.15, 0.2) is 0 Å². The van der Waals surface area contributed by atoms with Crippen LogP contribution in [0.25, 0.3) is 0 Å². The van der Waals surface area contributed by atoms with Gasteiger partial charge in [-0.05, 0) is 54.4 Å². The first-order valence-corrected chi connectivity index (χ1v) is 8.64. The highest BCUT2D eigenvalue weighted by Gasteiger charge is 2.14. The lowest BCUT2D eigenvalue weighted by atomic mass is 10.1. The van der Waals surface area contributed by atoms with Gasteiger partial charge in [0.05, 0.1) is 0 Å². The van der Waals surface area contributed by atoms with Gasteiger partial charge in [-0.1, -0.05) is 30.3 Å². The summed E-state index contributed by atoms with van der Waals surface area (Å²) in [5.41, 5.74) is 2.14. The molecule has 2 N–H and O–H groups in total. The Bertz CT molecular complexity index is 997. The Morgan fingerprint density at radius 3 is 1.96 bits per heavy atom. The molecule has 4 nitrogen and oxygen atoms in total. The molecule has 0 unspecified atom stereocenters. The van der Waals surface area contributed by atoms with Crippen LogP contribution in [-0.4, -0.2) is 11.8 Å². The first-order chi connectivity index (χ1) is 13.5. The molecular weight excluding hydrogens is 362 g/mol. The number of rotatable bonds is 5. The van der Waals surface area contributed by atoms with Crippen LogP contribution >= 0.6 is 0 Å². The number of hydrogen-bond donors (Lipinski definition) is 2. The Morgan fingerprint density at radius 2 is 1.36 bits per heavy atom. The fraction of sp³-hybridized carbons (Fsp3) is 0.0909. The Morgan fingerprint density at radius 1 is 0.786 bits per heavy atom. The molecule has 3 aromatic carbocycles. The van der Waals surface area contributed by atoms with Crippen LogP contribution in [0.15, 0.2) is 66.7 Å². The molecule has 0 atom stereocenters. The van der Waals surface area contributed by atoms with Gasteiger partial charge in [-0.2, -0.15) is 0 Å². The standard InChI is InChI=1S/C22H18F2N2O2/c1-14-5-2-3-6-17(14)13-25-21(27)15-9-11-16(12-10-15)22(28)26-20-18(23)7-4-8-19(20)24/h2-12H,13H2,1H3,(H,25,27)(H,26,28). The number of aryl methyl sites for hydroxylation is 1. The highest BCUT2D eigenvalue weighted by Crippen LogP contribution is 2.19. The van der Waals surface area contributed by atoms with Crippen molar-refractivity contribution in [3.63, 3.8) is 0 Å². The van der Waals surface area contributed by atoms with Crippen molar-refractivity contribution in [3.8, 4) is 0 Å². The summed E-state index contributed by atoms with van der Waals surface area (Å²) in [6.45, 7) is 2.35. The number of anilines is 1. The monoisotopic (exact) mass is 380 g/mol. The Labute approximate surface area is 161 Å². The summed E-state index contributed by atoms with van der Waals surface area (Å²) in [6, 6.07) is 16.9. The largest absolute Gasteiger partial charge is 0.348 e. The molecule has 0 aromatic heterocycles. The minimum Gasteiger partial charge on any atom is -0.348 e. The fourth-order valence-corrected chi connectivity index (χ4v) is 2.66. The quantitative estimate of drug-likeness (QED) is 0.687. The SMILES string of the molecule is Cc1ccccc1CNC(=O)c1ccc(C(=O)Nc2c(F)cccc2F)cc1. The maximum Gasteiger partial charge on any atom is 0.255 e. The smallest absolute Gasteiger partial charge is 0.255 e. The number of nitrogens with one attached hydrogen (secondary N) is 2. The van der Waals surface area contributed by atoms with Crippen molar-refractivity contribution in [1.29, 1.82) is 0 Å². The molecule has 0 spiro atoms. The van der Waals surface area contributed by atoms with Crippen LogP contribution in [0.1, 0.15) is 31.8 Å². The lowest BCUT2D eigenvalue weighted by Crippen LogP contribution is -2.23. The van der Waals surface area contributed by atoms with E-state index in [-0.39, 0.29) is 11.5 Å². The Hall–Kier alpha value is -3.54. The van der Waals surface area contributed by atoms with Gasteiger partial charge in [0.2, 0.25) is 0 Å². The van der Waals surface area contributed by atoms with E-state index >= 15 is 0 Å². The van der Waals surface area contributed by atoms with Gasteiger partial charge in [-0.25, -0.2) is 8.78 Å². The van der Waals surface area contributed by atoms with E-state index in [1.165, 1.54) is 30.3 Å². The van der Waals surface area contributed by atoms with E-state index in [2.05, 4.69) is 10.6 Å². The molecule has 0 saturated heterocycles. The molecule has 0 bridgehead atoms. The van der Waals surface area contributed by atoms with Crippen molar-refractivity contribution < 1.29 is 18.4 Å². The lowest BCUT2D eigenvalue weighted by Gasteiger charge is -2.09. The number of para-hydroxylation sites is 1. The summed E-state index contributed by atoms with van der Waals surface area (Å²) in [5.74, 6) is -2.67. The minimum atomic E-state index is -0.861. The molecule has 28 heavy (non-hydrogen) atoms. The van der Waals surface area contributed by atoms with Crippen molar-refractivity contribution >= 4 is 17.5 Å². The van der Waals surface area contributed by atoms with E-state index in [1.807, 2.05) is 31.2 Å². The van der Waals surface area contributed by atoms with Crippen LogP contribution in [0.5, 0.6) is 0 Å². The number of halogens is 2. The number of carbonyl (C=O) groups excluding carboxylic acids is 2. The van der Waals surface area contributed by atoms with Crippen LogP contribution in [0, 0.1) is 18.6 Å². The van der Waals surface area contributed by atoms with Crippen molar-refractivity contribution in [3.05, 3.63) is 101 Å². The maximum absolute atomic E-state index is 13.6. The molecule has 0 heterocycles. The first-order valence-electron chi connectivity index (χ1n) is 8.64. The molecule has 0 saturated carbocycles. The first kappa shape index (κ1) is 19.2.